The Labute approximate surface area is 173 Å². The summed E-state index contributed by atoms with van der Waals surface area (Å²) >= 11 is 0. The molecule has 2 heterocycles. The fourth-order valence-corrected chi connectivity index (χ4v) is 3.22. The van der Waals surface area contributed by atoms with Gasteiger partial charge in [0, 0.05) is 17.7 Å². The van der Waals surface area contributed by atoms with Crippen LogP contribution in [-0.2, 0) is 4.79 Å². The summed E-state index contributed by atoms with van der Waals surface area (Å²) in [7, 11) is 0. The molecule has 1 amide bonds. The van der Waals surface area contributed by atoms with Gasteiger partial charge in [0.25, 0.3) is 11.6 Å². The van der Waals surface area contributed by atoms with Gasteiger partial charge in [-0.05, 0) is 62.2 Å². The number of hydrogen-bond donors (Lipinski definition) is 0. The van der Waals surface area contributed by atoms with Crippen molar-refractivity contribution in [2.24, 2.45) is 5.10 Å². The molecule has 1 aliphatic heterocycles. The summed E-state index contributed by atoms with van der Waals surface area (Å²) < 4.78 is 5.81. The topological polar surface area (TPSA) is 89.0 Å². The SMILES string of the molecule is CC1=NN(c2ccc(C)c(C)c2)C(=O)C1=Cc1ccc(-c2cccc([N+](=O)[O-])c2)o1. The quantitative estimate of drug-likeness (QED) is 0.338. The van der Waals surface area contributed by atoms with Crippen molar-refractivity contribution >= 4 is 29.1 Å². The molecular formula is C23H19N3O4. The van der Waals surface area contributed by atoms with Crippen molar-refractivity contribution in [2.45, 2.75) is 20.8 Å². The lowest BCUT2D eigenvalue weighted by atomic mass is 10.1. The summed E-state index contributed by atoms with van der Waals surface area (Å²) in [6.07, 6.45) is 1.64. The number of nitro benzene ring substituents is 1. The standard InChI is InChI=1S/C23H19N3O4/c1-14-7-8-18(11-15(14)2)25-23(27)21(16(3)24-25)13-20-9-10-22(30-20)17-5-4-6-19(12-17)26(28)29/h4-13H,1-3H3. The second kappa shape index (κ2) is 7.44. The summed E-state index contributed by atoms with van der Waals surface area (Å²) in [6, 6.07) is 15.4. The lowest BCUT2D eigenvalue weighted by molar-refractivity contribution is -0.384. The van der Waals surface area contributed by atoms with Gasteiger partial charge in [-0.2, -0.15) is 10.1 Å². The van der Waals surface area contributed by atoms with E-state index in [1.165, 1.54) is 17.1 Å². The van der Waals surface area contributed by atoms with Crippen molar-refractivity contribution in [3.8, 4) is 11.3 Å². The zero-order valence-electron chi connectivity index (χ0n) is 16.7. The largest absolute Gasteiger partial charge is 0.457 e. The van der Waals surface area contributed by atoms with Crippen molar-refractivity contribution in [3.63, 3.8) is 0 Å². The van der Waals surface area contributed by atoms with E-state index in [4.69, 9.17) is 4.42 Å². The van der Waals surface area contributed by atoms with Gasteiger partial charge in [0.2, 0.25) is 0 Å². The third kappa shape index (κ3) is 3.53. The second-order valence-corrected chi connectivity index (χ2v) is 7.14. The molecule has 7 nitrogen and oxygen atoms in total. The Balaban J connectivity index is 1.62. The van der Waals surface area contributed by atoms with Gasteiger partial charge in [0.15, 0.2) is 0 Å². The number of anilines is 1. The van der Waals surface area contributed by atoms with Crippen molar-refractivity contribution in [2.75, 3.05) is 5.01 Å². The van der Waals surface area contributed by atoms with Gasteiger partial charge in [-0.25, -0.2) is 0 Å². The van der Waals surface area contributed by atoms with E-state index < -0.39 is 4.92 Å². The molecule has 7 heteroatoms. The van der Waals surface area contributed by atoms with Crippen LogP contribution in [0, 0.1) is 24.0 Å². The van der Waals surface area contributed by atoms with E-state index in [1.54, 1.807) is 37.3 Å². The Kier molecular flexibility index (Phi) is 4.79. The van der Waals surface area contributed by atoms with Crippen LogP contribution in [-0.4, -0.2) is 16.5 Å². The number of nitrogens with zero attached hydrogens (tertiary/aromatic N) is 3. The van der Waals surface area contributed by atoms with E-state index in [2.05, 4.69) is 5.10 Å². The van der Waals surface area contributed by atoms with E-state index in [0.29, 0.717) is 34.1 Å². The highest BCUT2D eigenvalue weighted by atomic mass is 16.6. The molecule has 4 rings (SSSR count). The molecule has 2 aromatic carbocycles. The number of carbonyl (C=O) groups is 1. The van der Waals surface area contributed by atoms with E-state index in [0.717, 1.165) is 11.1 Å². The molecule has 150 valence electrons. The summed E-state index contributed by atoms with van der Waals surface area (Å²) in [5, 5.41) is 16.8. The minimum Gasteiger partial charge on any atom is -0.457 e. The first-order chi connectivity index (χ1) is 14.3. The van der Waals surface area contributed by atoms with Crippen molar-refractivity contribution in [1.29, 1.82) is 0 Å². The van der Waals surface area contributed by atoms with Crippen LogP contribution in [0.15, 0.2) is 69.7 Å². The zero-order chi connectivity index (χ0) is 21.4. The molecule has 0 N–H and O–H groups in total. The molecule has 1 aromatic heterocycles. The Morgan fingerprint density at radius 2 is 1.83 bits per heavy atom. The van der Waals surface area contributed by atoms with Gasteiger partial charge in [-0.15, -0.1) is 0 Å². The number of benzene rings is 2. The minimum absolute atomic E-state index is 0.0122. The number of amides is 1. The zero-order valence-corrected chi connectivity index (χ0v) is 16.7. The van der Waals surface area contributed by atoms with Gasteiger partial charge in [-0.3, -0.25) is 14.9 Å². The molecule has 3 aromatic rings. The molecule has 0 fully saturated rings. The molecule has 0 atom stereocenters. The maximum atomic E-state index is 12.9. The summed E-state index contributed by atoms with van der Waals surface area (Å²) in [4.78, 5) is 23.5. The van der Waals surface area contributed by atoms with Gasteiger partial charge >= 0.3 is 0 Å². The van der Waals surface area contributed by atoms with Crippen molar-refractivity contribution < 1.29 is 14.1 Å². The first kappa shape index (κ1) is 19.3. The first-order valence-electron chi connectivity index (χ1n) is 9.37. The van der Waals surface area contributed by atoms with Crippen LogP contribution in [0.25, 0.3) is 17.4 Å². The van der Waals surface area contributed by atoms with Crippen molar-refractivity contribution in [3.05, 3.63) is 87.2 Å². The molecule has 0 unspecified atom stereocenters. The molecule has 0 saturated heterocycles. The van der Waals surface area contributed by atoms with Crippen LogP contribution >= 0.6 is 0 Å². The molecule has 0 aliphatic carbocycles. The maximum Gasteiger partial charge on any atom is 0.280 e. The Bertz CT molecular complexity index is 1240. The number of hydrogen-bond acceptors (Lipinski definition) is 5. The van der Waals surface area contributed by atoms with Crippen LogP contribution < -0.4 is 5.01 Å². The number of furan rings is 1. The number of non-ortho nitro benzene ring substituents is 1. The van der Waals surface area contributed by atoms with Crippen LogP contribution in [0.4, 0.5) is 11.4 Å². The number of rotatable bonds is 4. The third-order valence-corrected chi connectivity index (χ3v) is 5.05. The summed E-state index contributed by atoms with van der Waals surface area (Å²) in [5.41, 5.74) is 4.54. The molecule has 0 spiro atoms. The van der Waals surface area contributed by atoms with Gasteiger partial charge < -0.3 is 4.42 Å². The van der Waals surface area contributed by atoms with Crippen LogP contribution in [0.5, 0.6) is 0 Å². The van der Waals surface area contributed by atoms with Gasteiger partial charge in [0.05, 0.1) is 21.9 Å². The van der Waals surface area contributed by atoms with Crippen LogP contribution in [0.3, 0.4) is 0 Å². The summed E-state index contributed by atoms with van der Waals surface area (Å²) in [6.45, 7) is 5.78. The first-order valence-corrected chi connectivity index (χ1v) is 9.37. The second-order valence-electron chi connectivity index (χ2n) is 7.14. The highest BCUT2D eigenvalue weighted by Gasteiger charge is 2.29. The van der Waals surface area contributed by atoms with Gasteiger partial charge in [-0.1, -0.05) is 18.2 Å². The minimum atomic E-state index is -0.451. The number of hydrazone groups is 1. The molecule has 0 radical (unpaired) electrons. The normalized spacial score (nSPS) is 15.0. The molecular weight excluding hydrogens is 382 g/mol. The lowest BCUT2D eigenvalue weighted by Gasteiger charge is -2.13. The van der Waals surface area contributed by atoms with Crippen LogP contribution in [0.1, 0.15) is 23.8 Å². The van der Waals surface area contributed by atoms with E-state index in [1.807, 2.05) is 32.0 Å². The molecule has 0 saturated carbocycles. The fourth-order valence-electron chi connectivity index (χ4n) is 3.22. The Morgan fingerprint density at radius 3 is 2.57 bits per heavy atom. The van der Waals surface area contributed by atoms with Crippen molar-refractivity contribution in [1.82, 2.24) is 0 Å². The molecule has 1 aliphatic rings. The highest BCUT2D eigenvalue weighted by molar-refractivity contribution is 6.32. The number of carbonyl (C=O) groups excluding carboxylic acids is 1. The Hall–Kier alpha value is -4.00. The lowest BCUT2D eigenvalue weighted by Crippen LogP contribution is -2.21. The molecule has 30 heavy (non-hydrogen) atoms. The van der Waals surface area contributed by atoms with Gasteiger partial charge in [0.1, 0.15) is 11.5 Å². The number of aryl methyl sites for hydroxylation is 2. The smallest absolute Gasteiger partial charge is 0.280 e. The monoisotopic (exact) mass is 401 g/mol. The third-order valence-electron chi connectivity index (χ3n) is 5.05. The van der Waals surface area contributed by atoms with E-state index in [9.17, 15) is 14.9 Å². The summed E-state index contributed by atoms with van der Waals surface area (Å²) in [5.74, 6) is 0.719. The fraction of sp³-hybridized carbons (Fsp3) is 0.130. The maximum absolute atomic E-state index is 12.9. The average Bonchev–Trinajstić information content (AvgIpc) is 3.30. The Morgan fingerprint density at radius 1 is 1.03 bits per heavy atom. The van der Waals surface area contributed by atoms with Crippen LogP contribution in [0.2, 0.25) is 0 Å². The predicted molar refractivity (Wildman–Crippen MR) is 115 cm³/mol. The average molecular weight is 401 g/mol. The molecule has 0 bridgehead atoms. The predicted octanol–water partition coefficient (Wildman–Crippen LogP) is 5.28. The van der Waals surface area contributed by atoms with E-state index in [-0.39, 0.29) is 11.6 Å². The highest BCUT2D eigenvalue weighted by Crippen LogP contribution is 2.29. The number of nitro groups is 1. The van der Waals surface area contributed by atoms with E-state index >= 15 is 0 Å².